The Morgan fingerprint density at radius 3 is 2.34 bits per heavy atom. The standard InChI is InChI=1S/C21H27N3O3S2/c25-21(20-19(11-14-28-20)29(26,27)24-12-3-4-13-24)23-18-9-7-17(8-10-18)22-15-16-5-1-2-6-16/h7-11,14,16,22H,1-6,12-13,15H2,(H,23,25). The van der Waals surface area contributed by atoms with E-state index in [1.165, 1.54) is 36.1 Å². The lowest BCUT2D eigenvalue weighted by molar-refractivity contribution is 0.102. The van der Waals surface area contributed by atoms with Gasteiger partial charge in [0.2, 0.25) is 10.0 Å². The summed E-state index contributed by atoms with van der Waals surface area (Å²) in [5.74, 6) is 0.369. The first kappa shape index (κ1) is 20.4. The second kappa shape index (κ2) is 8.85. The molecule has 0 spiro atoms. The molecule has 1 aromatic heterocycles. The van der Waals surface area contributed by atoms with Gasteiger partial charge < -0.3 is 10.6 Å². The van der Waals surface area contributed by atoms with Gasteiger partial charge in [-0.1, -0.05) is 12.8 Å². The Morgan fingerprint density at radius 2 is 1.66 bits per heavy atom. The summed E-state index contributed by atoms with van der Waals surface area (Å²) in [4.78, 5) is 13.1. The van der Waals surface area contributed by atoms with Crippen LogP contribution in [-0.4, -0.2) is 38.3 Å². The number of nitrogens with zero attached hydrogens (tertiary/aromatic N) is 1. The van der Waals surface area contributed by atoms with E-state index in [-0.39, 0.29) is 15.7 Å². The highest BCUT2D eigenvalue weighted by molar-refractivity contribution is 7.89. The summed E-state index contributed by atoms with van der Waals surface area (Å²) >= 11 is 1.16. The van der Waals surface area contributed by atoms with Gasteiger partial charge in [0.05, 0.1) is 0 Å². The van der Waals surface area contributed by atoms with E-state index in [1.54, 1.807) is 5.38 Å². The average Bonchev–Trinajstić information content (AvgIpc) is 3.50. The molecular weight excluding hydrogens is 406 g/mol. The van der Waals surface area contributed by atoms with Crippen LogP contribution >= 0.6 is 11.3 Å². The molecular formula is C21H27N3O3S2. The highest BCUT2D eigenvalue weighted by Gasteiger charge is 2.31. The Morgan fingerprint density at radius 1 is 1.00 bits per heavy atom. The number of nitrogens with one attached hydrogen (secondary N) is 2. The summed E-state index contributed by atoms with van der Waals surface area (Å²) in [6.07, 6.45) is 6.98. The zero-order valence-corrected chi connectivity index (χ0v) is 18.0. The minimum atomic E-state index is -3.61. The Labute approximate surface area is 176 Å². The quantitative estimate of drug-likeness (QED) is 0.679. The van der Waals surface area contributed by atoms with Crippen LogP contribution in [0.5, 0.6) is 0 Å². The third-order valence-corrected chi connectivity index (χ3v) is 8.71. The number of benzene rings is 1. The molecule has 1 aliphatic heterocycles. The summed E-state index contributed by atoms with van der Waals surface area (Å²) in [5, 5.41) is 7.95. The summed E-state index contributed by atoms with van der Waals surface area (Å²) in [5.41, 5.74) is 1.68. The van der Waals surface area contributed by atoms with E-state index in [2.05, 4.69) is 10.6 Å². The molecule has 2 aromatic rings. The Hall–Kier alpha value is -1.90. The summed E-state index contributed by atoms with van der Waals surface area (Å²) in [7, 11) is -3.61. The van der Waals surface area contributed by atoms with Crippen molar-refractivity contribution in [1.29, 1.82) is 0 Å². The van der Waals surface area contributed by atoms with Crippen molar-refractivity contribution in [3.8, 4) is 0 Å². The molecule has 1 aliphatic carbocycles. The lowest BCUT2D eigenvalue weighted by atomic mass is 10.1. The van der Waals surface area contributed by atoms with E-state index < -0.39 is 10.0 Å². The van der Waals surface area contributed by atoms with Gasteiger partial charge in [0, 0.05) is 31.0 Å². The smallest absolute Gasteiger partial charge is 0.267 e. The largest absolute Gasteiger partial charge is 0.385 e. The molecule has 2 fully saturated rings. The molecule has 2 heterocycles. The molecule has 6 nitrogen and oxygen atoms in total. The topological polar surface area (TPSA) is 78.5 Å². The number of hydrogen-bond donors (Lipinski definition) is 2. The highest BCUT2D eigenvalue weighted by Crippen LogP contribution is 2.29. The molecule has 1 amide bonds. The fourth-order valence-corrected chi connectivity index (χ4v) is 6.88. The van der Waals surface area contributed by atoms with Gasteiger partial charge in [0.1, 0.15) is 9.77 Å². The van der Waals surface area contributed by atoms with Crippen LogP contribution in [-0.2, 0) is 10.0 Å². The predicted octanol–water partition coefficient (Wildman–Crippen LogP) is 4.39. The molecule has 2 N–H and O–H groups in total. The average molecular weight is 434 g/mol. The first-order chi connectivity index (χ1) is 14.0. The van der Waals surface area contributed by atoms with Crippen molar-refractivity contribution >= 4 is 38.6 Å². The third-order valence-electron chi connectivity index (χ3n) is 5.73. The SMILES string of the molecule is O=C(Nc1ccc(NCC2CCCC2)cc1)c1sccc1S(=O)(=O)N1CCCC1. The van der Waals surface area contributed by atoms with Crippen molar-refractivity contribution in [2.75, 3.05) is 30.3 Å². The number of sulfonamides is 1. The molecule has 1 saturated carbocycles. The number of carbonyl (C=O) groups excluding carboxylic acids is 1. The van der Waals surface area contributed by atoms with Gasteiger partial charge in [-0.05, 0) is 67.3 Å². The third kappa shape index (κ3) is 4.65. The fourth-order valence-electron chi connectivity index (χ4n) is 4.07. The van der Waals surface area contributed by atoms with Gasteiger partial charge in [0.15, 0.2) is 0 Å². The minimum Gasteiger partial charge on any atom is -0.385 e. The Kier molecular flexibility index (Phi) is 6.22. The first-order valence-electron chi connectivity index (χ1n) is 10.3. The number of amides is 1. The zero-order chi connectivity index (χ0) is 20.3. The van der Waals surface area contributed by atoms with Crippen molar-refractivity contribution in [3.63, 3.8) is 0 Å². The van der Waals surface area contributed by atoms with Gasteiger partial charge in [-0.25, -0.2) is 8.42 Å². The van der Waals surface area contributed by atoms with E-state index >= 15 is 0 Å². The molecule has 156 valence electrons. The van der Waals surface area contributed by atoms with E-state index in [9.17, 15) is 13.2 Å². The molecule has 4 rings (SSSR count). The maximum Gasteiger partial charge on any atom is 0.267 e. The molecule has 0 atom stereocenters. The fraction of sp³-hybridized carbons (Fsp3) is 0.476. The number of anilines is 2. The molecule has 0 radical (unpaired) electrons. The van der Waals surface area contributed by atoms with Gasteiger partial charge in [0.25, 0.3) is 5.91 Å². The van der Waals surface area contributed by atoms with Crippen LogP contribution in [0.15, 0.2) is 40.6 Å². The first-order valence-corrected chi connectivity index (χ1v) is 12.6. The maximum atomic E-state index is 12.8. The molecule has 29 heavy (non-hydrogen) atoms. The second-order valence-corrected chi connectivity index (χ2v) is 10.6. The number of carbonyl (C=O) groups is 1. The van der Waals surface area contributed by atoms with Gasteiger partial charge in [-0.15, -0.1) is 11.3 Å². The van der Waals surface area contributed by atoms with Crippen molar-refractivity contribution in [3.05, 3.63) is 40.6 Å². The van der Waals surface area contributed by atoms with Crippen LogP contribution in [0.2, 0.25) is 0 Å². The summed E-state index contributed by atoms with van der Waals surface area (Å²) < 4.78 is 27.2. The number of hydrogen-bond acceptors (Lipinski definition) is 5. The molecule has 1 aromatic carbocycles. The number of rotatable bonds is 7. The monoisotopic (exact) mass is 433 g/mol. The van der Waals surface area contributed by atoms with Crippen molar-refractivity contribution < 1.29 is 13.2 Å². The maximum absolute atomic E-state index is 12.8. The van der Waals surface area contributed by atoms with E-state index in [1.807, 2.05) is 24.3 Å². The van der Waals surface area contributed by atoms with Crippen LogP contribution in [0.1, 0.15) is 48.2 Å². The van der Waals surface area contributed by atoms with Crippen LogP contribution in [0.4, 0.5) is 11.4 Å². The molecule has 2 aliphatic rings. The van der Waals surface area contributed by atoms with Crippen molar-refractivity contribution in [2.45, 2.75) is 43.4 Å². The van der Waals surface area contributed by atoms with E-state index in [0.717, 1.165) is 42.3 Å². The normalized spacial score (nSPS) is 18.2. The lowest BCUT2D eigenvalue weighted by Gasteiger charge is -2.16. The Balaban J connectivity index is 1.40. The van der Waals surface area contributed by atoms with Crippen LogP contribution < -0.4 is 10.6 Å². The molecule has 0 bridgehead atoms. The van der Waals surface area contributed by atoms with Crippen LogP contribution in [0.25, 0.3) is 0 Å². The summed E-state index contributed by atoms with van der Waals surface area (Å²) in [6, 6.07) is 9.11. The minimum absolute atomic E-state index is 0.108. The molecule has 8 heteroatoms. The van der Waals surface area contributed by atoms with Gasteiger partial charge >= 0.3 is 0 Å². The zero-order valence-electron chi connectivity index (χ0n) is 16.4. The number of thiophene rings is 1. The van der Waals surface area contributed by atoms with Crippen LogP contribution in [0.3, 0.4) is 0 Å². The van der Waals surface area contributed by atoms with Crippen LogP contribution in [0, 0.1) is 5.92 Å². The molecule has 0 unspecified atom stereocenters. The molecule has 1 saturated heterocycles. The van der Waals surface area contributed by atoms with Crippen molar-refractivity contribution in [1.82, 2.24) is 4.31 Å². The van der Waals surface area contributed by atoms with Gasteiger partial charge in [-0.2, -0.15) is 4.31 Å². The van der Waals surface area contributed by atoms with Crippen molar-refractivity contribution in [2.24, 2.45) is 5.92 Å². The van der Waals surface area contributed by atoms with E-state index in [4.69, 9.17) is 0 Å². The van der Waals surface area contributed by atoms with E-state index in [0.29, 0.717) is 18.8 Å². The highest BCUT2D eigenvalue weighted by atomic mass is 32.2. The summed E-state index contributed by atoms with van der Waals surface area (Å²) in [6.45, 7) is 2.03. The lowest BCUT2D eigenvalue weighted by Crippen LogP contribution is -2.29. The Bertz CT molecular complexity index is 942. The second-order valence-electron chi connectivity index (χ2n) is 7.79. The predicted molar refractivity (Wildman–Crippen MR) is 117 cm³/mol. The van der Waals surface area contributed by atoms with Gasteiger partial charge in [-0.3, -0.25) is 4.79 Å².